The van der Waals surface area contributed by atoms with E-state index in [0.717, 1.165) is 0 Å². The molecule has 0 aromatic heterocycles. The fourth-order valence-electron chi connectivity index (χ4n) is 1.65. The molecule has 0 radical (unpaired) electrons. The molecule has 0 bridgehead atoms. The van der Waals surface area contributed by atoms with E-state index < -0.39 is 10.0 Å². The minimum Gasteiger partial charge on any atom is -0.508 e. The second-order valence-electron chi connectivity index (χ2n) is 4.12. The first-order valence-corrected chi connectivity index (χ1v) is 7.24. The van der Waals surface area contributed by atoms with E-state index in [1.54, 1.807) is 30.3 Å². The van der Waals surface area contributed by atoms with Crippen molar-refractivity contribution in [2.24, 2.45) is 0 Å². The van der Waals surface area contributed by atoms with Gasteiger partial charge < -0.3 is 10.8 Å². The average Bonchev–Trinajstić information content (AvgIpc) is 2.34. The number of anilines is 2. The zero-order valence-electron chi connectivity index (χ0n) is 10.1. The Kier molecular flexibility index (Phi) is 3.62. The Bertz CT molecular complexity index is 670. The maximum absolute atomic E-state index is 12.0. The number of benzene rings is 2. The third-order valence-corrected chi connectivity index (χ3v) is 3.73. The summed E-state index contributed by atoms with van der Waals surface area (Å²) in [4.78, 5) is 0. The molecule has 0 aliphatic rings. The molecule has 6 heteroatoms. The van der Waals surface area contributed by atoms with Gasteiger partial charge in [0.1, 0.15) is 5.75 Å². The molecule has 5 nitrogen and oxygen atoms in total. The SMILES string of the molecule is Nc1ccc(O)c(CS(=O)(=O)Nc2ccccc2)c1. The number of phenolic OH excluding ortho intramolecular Hbond substituents is 1. The molecule has 19 heavy (non-hydrogen) atoms. The van der Waals surface area contributed by atoms with E-state index in [2.05, 4.69) is 4.72 Å². The van der Waals surface area contributed by atoms with Crippen molar-refractivity contribution in [1.82, 2.24) is 0 Å². The van der Waals surface area contributed by atoms with Crippen molar-refractivity contribution in [3.8, 4) is 5.75 Å². The highest BCUT2D eigenvalue weighted by Crippen LogP contribution is 2.22. The van der Waals surface area contributed by atoms with Gasteiger partial charge in [0, 0.05) is 16.9 Å². The number of hydrogen-bond donors (Lipinski definition) is 3. The van der Waals surface area contributed by atoms with E-state index in [1.165, 1.54) is 18.2 Å². The lowest BCUT2D eigenvalue weighted by Crippen LogP contribution is -2.15. The Labute approximate surface area is 111 Å². The minimum absolute atomic E-state index is 0.0902. The molecule has 0 saturated carbocycles. The second kappa shape index (κ2) is 5.19. The van der Waals surface area contributed by atoms with Gasteiger partial charge in [-0.05, 0) is 30.3 Å². The molecule has 0 heterocycles. The van der Waals surface area contributed by atoms with Gasteiger partial charge in [0.25, 0.3) is 0 Å². The first-order chi connectivity index (χ1) is 8.96. The summed E-state index contributed by atoms with van der Waals surface area (Å²) in [5.74, 6) is -0.425. The van der Waals surface area contributed by atoms with Crippen LogP contribution < -0.4 is 10.5 Å². The zero-order chi connectivity index (χ0) is 13.9. The molecule has 2 rings (SSSR count). The van der Waals surface area contributed by atoms with Gasteiger partial charge in [0.05, 0.1) is 5.75 Å². The number of rotatable bonds is 4. The van der Waals surface area contributed by atoms with Crippen LogP contribution in [0.2, 0.25) is 0 Å². The first kappa shape index (κ1) is 13.2. The van der Waals surface area contributed by atoms with E-state index in [9.17, 15) is 13.5 Å². The number of nitrogens with one attached hydrogen (secondary N) is 1. The van der Waals surface area contributed by atoms with Crippen LogP contribution in [0.15, 0.2) is 48.5 Å². The molecule has 4 N–H and O–H groups in total. The quantitative estimate of drug-likeness (QED) is 0.588. The number of aromatic hydroxyl groups is 1. The van der Waals surface area contributed by atoms with E-state index >= 15 is 0 Å². The predicted molar refractivity (Wildman–Crippen MR) is 75.2 cm³/mol. The van der Waals surface area contributed by atoms with Crippen molar-refractivity contribution in [2.75, 3.05) is 10.5 Å². The van der Waals surface area contributed by atoms with Gasteiger partial charge in [-0.2, -0.15) is 0 Å². The maximum atomic E-state index is 12.0. The molecule has 0 spiro atoms. The molecule has 0 amide bonds. The Morgan fingerprint density at radius 2 is 1.79 bits per heavy atom. The highest BCUT2D eigenvalue weighted by Gasteiger charge is 2.14. The number of nitrogen functional groups attached to an aromatic ring is 1. The molecule has 0 unspecified atom stereocenters. The van der Waals surface area contributed by atoms with Crippen LogP contribution in [0, 0.1) is 0 Å². The summed E-state index contributed by atoms with van der Waals surface area (Å²) in [6.07, 6.45) is 0. The lowest BCUT2D eigenvalue weighted by Gasteiger charge is -2.09. The molecule has 0 aliphatic carbocycles. The van der Waals surface area contributed by atoms with Gasteiger partial charge in [-0.3, -0.25) is 4.72 Å². The van der Waals surface area contributed by atoms with Crippen molar-refractivity contribution >= 4 is 21.4 Å². The Morgan fingerprint density at radius 1 is 1.11 bits per heavy atom. The van der Waals surface area contributed by atoms with E-state index in [-0.39, 0.29) is 17.1 Å². The first-order valence-electron chi connectivity index (χ1n) is 5.59. The van der Waals surface area contributed by atoms with Gasteiger partial charge in [-0.1, -0.05) is 18.2 Å². The minimum atomic E-state index is -3.59. The molecule has 0 fully saturated rings. The Morgan fingerprint density at radius 3 is 2.47 bits per heavy atom. The van der Waals surface area contributed by atoms with Crippen LogP contribution in [-0.4, -0.2) is 13.5 Å². The number of hydrogen-bond acceptors (Lipinski definition) is 4. The second-order valence-corrected chi connectivity index (χ2v) is 5.84. The fourth-order valence-corrected chi connectivity index (χ4v) is 2.86. The van der Waals surface area contributed by atoms with E-state index in [1.807, 2.05) is 0 Å². The van der Waals surface area contributed by atoms with Crippen LogP contribution in [-0.2, 0) is 15.8 Å². The van der Waals surface area contributed by atoms with Crippen LogP contribution in [0.3, 0.4) is 0 Å². The monoisotopic (exact) mass is 278 g/mol. The third-order valence-electron chi connectivity index (χ3n) is 2.50. The van der Waals surface area contributed by atoms with Gasteiger partial charge >= 0.3 is 0 Å². The smallest absolute Gasteiger partial charge is 0.237 e. The van der Waals surface area contributed by atoms with Crippen LogP contribution in [0.25, 0.3) is 0 Å². The maximum Gasteiger partial charge on any atom is 0.237 e. The van der Waals surface area contributed by atoms with Gasteiger partial charge in [-0.25, -0.2) is 8.42 Å². The zero-order valence-corrected chi connectivity index (χ0v) is 10.9. The van der Waals surface area contributed by atoms with Crippen LogP contribution in [0.5, 0.6) is 5.75 Å². The normalized spacial score (nSPS) is 11.2. The fraction of sp³-hybridized carbons (Fsp3) is 0.0769. The van der Waals surface area contributed by atoms with Gasteiger partial charge in [0.2, 0.25) is 10.0 Å². The standard InChI is InChI=1S/C13H14N2O3S/c14-11-6-7-13(16)10(8-11)9-19(17,18)15-12-4-2-1-3-5-12/h1-8,15-16H,9,14H2. The average molecular weight is 278 g/mol. The highest BCUT2D eigenvalue weighted by atomic mass is 32.2. The lowest BCUT2D eigenvalue weighted by atomic mass is 10.2. The summed E-state index contributed by atoms with van der Waals surface area (Å²) < 4.78 is 26.4. The molecule has 100 valence electrons. The van der Waals surface area contributed by atoms with E-state index in [0.29, 0.717) is 11.4 Å². The van der Waals surface area contributed by atoms with Crippen molar-refractivity contribution in [3.63, 3.8) is 0 Å². The third kappa shape index (κ3) is 3.62. The molecule has 0 saturated heterocycles. The van der Waals surface area contributed by atoms with Crippen molar-refractivity contribution in [3.05, 3.63) is 54.1 Å². The Balaban J connectivity index is 2.20. The largest absolute Gasteiger partial charge is 0.508 e. The molecule has 0 aliphatic heterocycles. The number of phenols is 1. The van der Waals surface area contributed by atoms with Crippen LogP contribution >= 0.6 is 0 Å². The molecule has 0 atom stereocenters. The van der Waals surface area contributed by atoms with Gasteiger partial charge in [0.15, 0.2) is 0 Å². The number of para-hydroxylation sites is 1. The Hall–Kier alpha value is -2.21. The summed E-state index contributed by atoms with van der Waals surface area (Å²) in [6, 6.07) is 12.9. The predicted octanol–water partition coefficient (Wildman–Crippen LogP) is 1.92. The molecule has 2 aromatic rings. The molecule has 2 aromatic carbocycles. The van der Waals surface area contributed by atoms with Gasteiger partial charge in [-0.15, -0.1) is 0 Å². The van der Waals surface area contributed by atoms with Crippen molar-refractivity contribution in [1.29, 1.82) is 0 Å². The number of nitrogens with two attached hydrogens (primary N) is 1. The molecular weight excluding hydrogens is 264 g/mol. The molecular formula is C13H14N2O3S. The lowest BCUT2D eigenvalue weighted by molar-refractivity contribution is 0.470. The van der Waals surface area contributed by atoms with Crippen LogP contribution in [0.1, 0.15) is 5.56 Å². The summed E-state index contributed by atoms with van der Waals surface area (Å²) in [5, 5.41) is 9.62. The van der Waals surface area contributed by atoms with E-state index in [4.69, 9.17) is 5.73 Å². The van der Waals surface area contributed by atoms with Crippen molar-refractivity contribution in [2.45, 2.75) is 5.75 Å². The summed E-state index contributed by atoms with van der Waals surface area (Å²) in [5.41, 5.74) is 6.72. The van der Waals surface area contributed by atoms with Crippen LogP contribution in [0.4, 0.5) is 11.4 Å². The summed E-state index contributed by atoms with van der Waals surface area (Å²) in [6.45, 7) is 0. The number of sulfonamides is 1. The summed E-state index contributed by atoms with van der Waals surface area (Å²) >= 11 is 0. The topological polar surface area (TPSA) is 92.4 Å². The summed E-state index contributed by atoms with van der Waals surface area (Å²) in [7, 11) is -3.59. The highest BCUT2D eigenvalue weighted by molar-refractivity contribution is 7.91. The van der Waals surface area contributed by atoms with Crippen molar-refractivity contribution < 1.29 is 13.5 Å².